The Balaban J connectivity index is 1.86. The number of aryl methyl sites for hydroxylation is 1. The van der Waals surface area contributed by atoms with E-state index < -0.39 is 0 Å². The van der Waals surface area contributed by atoms with Gasteiger partial charge in [0.15, 0.2) is 0 Å². The number of fused-ring (bicyclic) bond motifs is 4. The van der Waals surface area contributed by atoms with Gasteiger partial charge in [-0.05, 0) is 32.6 Å². The number of rotatable bonds is 5. The molecule has 0 aromatic carbocycles. The molecular weight excluding hydrogens is 302 g/mol. The molecule has 0 unspecified atom stereocenters. The van der Waals surface area contributed by atoms with E-state index in [2.05, 4.69) is 28.6 Å². The van der Waals surface area contributed by atoms with Crippen molar-refractivity contribution in [2.45, 2.75) is 32.7 Å². The summed E-state index contributed by atoms with van der Waals surface area (Å²) in [4.78, 5) is 16.6. The quantitative estimate of drug-likeness (QED) is 0.817. The normalized spacial score (nSPS) is 24.3. The van der Waals surface area contributed by atoms with Crippen molar-refractivity contribution in [3.05, 3.63) is 11.3 Å². The summed E-state index contributed by atoms with van der Waals surface area (Å²) in [6.45, 7) is 9.45. The number of hydrogen-bond donors (Lipinski definition) is 0. The molecule has 3 aliphatic heterocycles. The SMILES string of the molecule is COCCN1C[C@@H]2CC[C@H]1CN(c1nc(N(C)C)nc(C)c1C)C2. The summed E-state index contributed by atoms with van der Waals surface area (Å²) in [6, 6.07) is 0.608. The van der Waals surface area contributed by atoms with Gasteiger partial charge in [-0.2, -0.15) is 4.98 Å². The lowest BCUT2D eigenvalue weighted by Gasteiger charge is -2.35. The van der Waals surface area contributed by atoms with E-state index in [-0.39, 0.29) is 0 Å². The van der Waals surface area contributed by atoms with Crippen molar-refractivity contribution in [2.75, 3.05) is 63.8 Å². The fourth-order valence-electron chi connectivity index (χ4n) is 3.94. The second-order valence-corrected chi connectivity index (χ2v) is 7.44. The van der Waals surface area contributed by atoms with Crippen molar-refractivity contribution in [3.8, 4) is 0 Å². The molecule has 4 heterocycles. The molecule has 0 amide bonds. The summed E-state index contributed by atoms with van der Waals surface area (Å²) >= 11 is 0. The summed E-state index contributed by atoms with van der Waals surface area (Å²) in [7, 11) is 5.80. The van der Waals surface area contributed by atoms with Gasteiger partial charge in [0, 0.05) is 64.7 Å². The van der Waals surface area contributed by atoms with Gasteiger partial charge < -0.3 is 14.5 Å². The van der Waals surface area contributed by atoms with Crippen molar-refractivity contribution in [3.63, 3.8) is 0 Å². The van der Waals surface area contributed by atoms with Crippen molar-refractivity contribution in [1.29, 1.82) is 0 Å². The highest BCUT2D eigenvalue weighted by atomic mass is 16.5. The molecule has 0 N–H and O–H groups in total. The van der Waals surface area contributed by atoms with Gasteiger partial charge in [0.1, 0.15) is 5.82 Å². The van der Waals surface area contributed by atoms with E-state index >= 15 is 0 Å². The van der Waals surface area contributed by atoms with Crippen molar-refractivity contribution in [2.24, 2.45) is 5.92 Å². The predicted octanol–water partition coefficient (Wildman–Crippen LogP) is 1.71. The van der Waals surface area contributed by atoms with E-state index in [0.717, 1.165) is 49.6 Å². The zero-order chi connectivity index (χ0) is 17.3. The van der Waals surface area contributed by atoms with Crippen LogP contribution in [0.15, 0.2) is 0 Å². The Morgan fingerprint density at radius 3 is 2.62 bits per heavy atom. The lowest BCUT2D eigenvalue weighted by atomic mass is 9.95. The maximum Gasteiger partial charge on any atom is 0.227 e. The third-order valence-corrected chi connectivity index (χ3v) is 5.46. The zero-order valence-electron chi connectivity index (χ0n) is 15.7. The van der Waals surface area contributed by atoms with Crippen LogP contribution in [0, 0.1) is 19.8 Å². The smallest absolute Gasteiger partial charge is 0.227 e. The zero-order valence-corrected chi connectivity index (χ0v) is 15.7. The van der Waals surface area contributed by atoms with E-state index in [1.807, 2.05) is 19.0 Å². The Kier molecular flexibility index (Phi) is 5.25. The Bertz CT molecular complexity index is 577. The van der Waals surface area contributed by atoms with E-state index in [4.69, 9.17) is 9.72 Å². The fraction of sp³-hybridized carbons (Fsp3) is 0.778. The Morgan fingerprint density at radius 1 is 1.12 bits per heavy atom. The number of hydrogen-bond acceptors (Lipinski definition) is 6. The van der Waals surface area contributed by atoms with Gasteiger partial charge >= 0.3 is 0 Å². The van der Waals surface area contributed by atoms with Crippen LogP contribution in [-0.4, -0.2) is 74.9 Å². The minimum absolute atomic E-state index is 0.608. The molecule has 1 aromatic rings. The van der Waals surface area contributed by atoms with Crippen LogP contribution >= 0.6 is 0 Å². The number of nitrogens with zero attached hydrogens (tertiary/aromatic N) is 5. The lowest BCUT2D eigenvalue weighted by Crippen LogP contribution is -2.45. The first-order valence-corrected chi connectivity index (χ1v) is 9.00. The summed E-state index contributed by atoms with van der Waals surface area (Å²) < 4.78 is 5.30. The highest BCUT2D eigenvalue weighted by Crippen LogP contribution is 2.32. The molecule has 4 rings (SSSR count). The van der Waals surface area contributed by atoms with E-state index in [9.17, 15) is 0 Å². The van der Waals surface area contributed by atoms with Crippen LogP contribution in [0.1, 0.15) is 24.1 Å². The van der Waals surface area contributed by atoms with Gasteiger partial charge in [-0.3, -0.25) is 4.90 Å². The summed E-state index contributed by atoms with van der Waals surface area (Å²) in [5, 5.41) is 0. The molecule has 2 atom stereocenters. The number of ether oxygens (including phenoxy) is 1. The molecule has 3 aliphatic rings. The first-order valence-electron chi connectivity index (χ1n) is 9.00. The van der Waals surface area contributed by atoms with Gasteiger partial charge in [0.25, 0.3) is 0 Å². The standard InChI is InChI=1S/C18H31N5O/c1-13-14(2)19-18(21(3)4)20-17(13)23-11-15-6-7-16(12-23)22(10-15)8-9-24-5/h15-16H,6-12H2,1-5H3/t15-,16-/m0/s1. The average Bonchev–Trinajstić information content (AvgIpc) is 2.86. The van der Waals surface area contributed by atoms with E-state index in [1.54, 1.807) is 7.11 Å². The first kappa shape index (κ1) is 17.4. The number of piperidine rings is 1. The molecular formula is C18H31N5O. The van der Waals surface area contributed by atoms with Gasteiger partial charge in [-0.25, -0.2) is 4.98 Å². The third kappa shape index (κ3) is 3.49. The molecule has 134 valence electrons. The average molecular weight is 333 g/mol. The summed E-state index contributed by atoms with van der Waals surface area (Å²) in [5.74, 6) is 2.65. The number of aromatic nitrogens is 2. The molecule has 0 spiro atoms. The Morgan fingerprint density at radius 2 is 1.92 bits per heavy atom. The monoisotopic (exact) mass is 333 g/mol. The molecule has 0 radical (unpaired) electrons. The van der Waals surface area contributed by atoms with Crippen LogP contribution in [0.3, 0.4) is 0 Å². The van der Waals surface area contributed by atoms with Crippen LogP contribution < -0.4 is 9.80 Å². The van der Waals surface area contributed by atoms with Gasteiger partial charge in [0.05, 0.1) is 6.61 Å². The molecule has 2 bridgehead atoms. The second kappa shape index (κ2) is 7.23. The molecule has 0 aliphatic carbocycles. The second-order valence-electron chi connectivity index (χ2n) is 7.44. The molecule has 1 aromatic heterocycles. The van der Waals surface area contributed by atoms with Crippen LogP contribution in [0.5, 0.6) is 0 Å². The molecule has 3 saturated heterocycles. The van der Waals surface area contributed by atoms with E-state index in [0.29, 0.717) is 6.04 Å². The van der Waals surface area contributed by atoms with E-state index in [1.165, 1.54) is 24.9 Å². The summed E-state index contributed by atoms with van der Waals surface area (Å²) in [6.07, 6.45) is 2.61. The topological polar surface area (TPSA) is 44.7 Å². The van der Waals surface area contributed by atoms with Gasteiger partial charge in [-0.1, -0.05) is 0 Å². The number of methoxy groups -OCH3 is 1. The molecule has 24 heavy (non-hydrogen) atoms. The largest absolute Gasteiger partial charge is 0.383 e. The third-order valence-electron chi connectivity index (χ3n) is 5.46. The fourth-order valence-corrected chi connectivity index (χ4v) is 3.94. The van der Waals surface area contributed by atoms with Crippen LogP contribution in [0.25, 0.3) is 0 Å². The highest BCUT2D eigenvalue weighted by molar-refractivity contribution is 5.52. The molecule has 0 saturated carbocycles. The van der Waals surface area contributed by atoms with Crippen molar-refractivity contribution >= 4 is 11.8 Å². The van der Waals surface area contributed by atoms with Crippen LogP contribution in [-0.2, 0) is 4.74 Å². The highest BCUT2D eigenvalue weighted by Gasteiger charge is 2.35. The Hall–Kier alpha value is -1.40. The van der Waals surface area contributed by atoms with Crippen LogP contribution in [0.4, 0.5) is 11.8 Å². The van der Waals surface area contributed by atoms with Crippen molar-refractivity contribution in [1.82, 2.24) is 14.9 Å². The molecule has 6 heteroatoms. The first-order chi connectivity index (χ1) is 11.5. The van der Waals surface area contributed by atoms with Crippen molar-refractivity contribution < 1.29 is 4.74 Å². The van der Waals surface area contributed by atoms with Crippen LogP contribution in [0.2, 0.25) is 0 Å². The van der Waals surface area contributed by atoms with Gasteiger partial charge in [-0.15, -0.1) is 0 Å². The maximum atomic E-state index is 5.30. The molecule has 6 nitrogen and oxygen atoms in total. The number of anilines is 2. The van der Waals surface area contributed by atoms with Gasteiger partial charge in [0.2, 0.25) is 5.95 Å². The maximum absolute atomic E-state index is 5.30. The minimum atomic E-state index is 0.608. The lowest BCUT2D eigenvalue weighted by molar-refractivity contribution is 0.0889. The predicted molar refractivity (Wildman–Crippen MR) is 98.0 cm³/mol. The minimum Gasteiger partial charge on any atom is -0.383 e. The Labute approximate surface area is 145 Å². The summed E-state index contributed by atoms with van der Waals surface area (Å²) in [5.41, 5.74) is 2.29. The molecule has 3 fully saturated rings.